The van der Waals surface area contributed by atoms with Gasteiger partial charge in [0, 0.05) is 41.4 Å². The van der Waals surface area contributed by atoms with Gasteiger partial charge in [0.05, 0.1) is 6.04 Å². The summed E-state index contributed by atoms with van der Waals surface area (Å²) < 4.78 is 48.3. The van der Waals surface area contributed by atoms with Crippen LogP contribution in [0.5, 0.6) is 11.8 Å². The lowest BCUT2D eigenvalue weighted by molar-refractivity contribution is -0.389. The molecular weight excluding hydrogens is 505 g/mol. The number of alkyl halides is 3. The number of rotatable bonds is 7. The molecule has 0 unspecified atom stereocenters. The fraction of sp³-hybridized carbons (Fsp3) is 0.480. The van der Waals surface area contributed by atoms with E-state index in [0.29, 0.717) is 19.7 Å². The van der Waals surface area contributed by atoms with Crippen LogP contribution in [0.4, 0.5) is 19.0 Å². The smallest absolute Gasteiger partial charge is 0.444 e. The van der Waals surface area contributed by atoms with Crippen LogP contribution in [0.1, 0.15) is 60.2 Å². The zero-order chi connectivity index (χ0) is 26.9. The van der Waals surface area contributed by atoms with Gasteiger partial charge in [-0.15, -0.1) is 13.2 Å². The Kier molecular flexibility index (Phi) is 7.19. The molecule has 0 spiro atoms. The van der Waals surface area contributed by atoms with Crippen LogP contribution in [0, 0.1) is 17.0 Å². The Labute approximate surface area is 216 Å². The van der Waals surface area contributed by atoms with Gasteiger partial charge in [-0.3, -0.25) is 4.57 Å². The van der Waals surface area contributed by atoms with E-state index in [1.54, 1.807) is 16.7 Å². The van der Waals surface area contributed by atoms with Crippen LogP contribution < -0.4 is 14.8 Å². The fourth-order valence-electron chi connectivity index (χ4n) is 5.07. The molecule has 1 fully saturated rings. The molecule has 10 nitrogen and oxygen atoms in total. The van der Waals surface area contributed by atoms with Crippen molar-refractivity contribution in [3.05, 3.63) is 69.4 Å². The molecule has 1 aromatic carbocycles. The van der Waals surface area contributed by atoms with Gasteiger partial charge in [-0.25, -0.2) is 9.97 Å². The summed E-state index contributed by atoms with van der Waals surface area (Å²) in [5.74, 6) is 0.894. The number of aromatic nitrogens is 4. The van der Waals surface area contributed by atoms with Gasteiger partial charge in [0.15, 0.2) is 0 Å². The van der Waals surface area contributed by atoms with Gasteiger partial charge in [0.25, 0.3) is 0 Å². The molecule has 0 bridgehead atoms. The maximum absolute atomic E-state index is 12.4. The van der Waals surface area contributed by atoms with Crippen molar-refractivity contribution >= 4 is 5.82 Å². The highest BCUT2D eigenvalue weighted by atomic mass is 19.4. The molecule has 202 valence electrons. The first-order valence-corrected chi connectivity index (χ1v) is 12.4. The van der Waals surface area contributed by atoms with Crippen LogP contribution in [0.2, 0.25) is 0 Å². The van der Waals surface area contributed by atoms with Crippen molar-refractivity contribution in [2.45, 2.75) is 69.9 Å². The summed E-state index contributed by atoms with van der Waals surface area (Å²) in [7, 11) is 0. The van der Waals surface area contributed by atoms with E-state index in [0.717, 1.165) is 48.3 Å². The third-order valence-corrected chi connectivity index (χ3v) is 7.10. The maximum atomic E-state index is 12.4. The minimum absolute atomic E-state index is 0.0419. The van der Waals surface area contributed by atoms with Crippen LogP contribution in [0.25, 0.3) is 0 Å². The van der Waals surface area contributed by atoms with E-state index in [-0.39, 0.29) is 35.5 Å². The van der Waals surface area contributed by atoms with Crippen LogP contribution in [-0.4, -0.2) is 43.5 Å². The highest BCUT2D eigenvalue weighted by molar-refractivity contribution is 5.30. The number of ether oxygens (including phenoxy) is 2. The van der Waals surface area contributed by atoms with Gasteiger partial charge in [0.2, 0.25) is 0 Å². The molecule has 0 radical (unpaired) electrons. The number of fused-ring (bicyclic) bond motifs is 1. The first-order valence-electron chi connectivity index (χ1n) is 12.4. The molecule has 2 aliphatic rings. The molecule has 2 aromatic heterocycles. The largest absolute Gasteiger partial charge is 0.573 e. The van der Waals surface area contributed by atoms with Gasteiger partial charge >= 0.3 is 18.2 Å². The predicted octanol–water partition coefficient (Wildman–Crippen LogP) is 4.78. The lowest BCUT2D eigenvalue weighted by Gasteiger charge is -2.28. The van der Waals surface area contributed by atoms with Gasteiger partial charge in [-0.2, -0.15) is 0 Å². The molecule has 0 amide bonds. The summed E-state index contributed by atoms with van der Waals surface area (Å²) in [6.07, 6.45) is 2.15. The summed E-state index contributed by atoms with van der Waals surface area (Å²) >= 11 is 0. The van der Waals surface area contributed by atoms with E-state index < -0.39 is 11.3 Å². The van der Waals surface area contributed by atoms with E-state index in [2.05, 4.69) is 20.0 Å². The van der Waals surface area contributed by atoms with Crippen molar-refractivity contribution in [3.63, 3.8) is 0 Å². The van der Waals surface area contributed by atoms with E-state index in [1.165, 1.54) is 18.3 Å². The molecule has 1 saturated carbocycles. The van der Waals surface area contributed by atoms with Crippen molar-refractivity contribution in [1.29, 1.82) is 0 Å². The standard InChI is InChI=1S/C25H27F3N6O4/c1-15-19(10-29-20-12-33-13-22(34(35)36)32-24(33)37-14-20)11-30-23(31-15)18-4-2-16(3-5-18)17-6-8-21(9-7-17)38-25(26,27)28/h6-9,11,13,16,18,20,29H,2-5,10,12,14H2,1H3/t16?,18?,20-/m0/s1. The van der Waals surface area contributed by atoms with Crippen molar-refractivity contribution in [2.24, 2.45) is 0 Å². The average Bonchev–Trinajstić information content (AvgIpc) is 3.32. The second kappa shape index (κ2) is 10.6. The van der Waals surface area contributed by atoms with Gasteiger partial charge < -0.3 is 24.9 Å². The number of benzene rings is 1. The summed E-state index contributed by atoms with van der Waals surface area (Å²) in [5, 5.41) is 14.3. The minimum Gasteiger partial charge on any atom is -0.444 e. The molecule has 5 rings (SSSR count). The second-order valence-corrected chi connectivity index (χ2v) is 9.68. The fourth-order valence-corrected chi connectivity index (χ4v) is 5.07. The normalized spacial score (nSPS) is 21.4. The minimum atomic E-state index is -4.69. The molecular formula is C25H27F3N6O4. The Balaban J connectivity index is 1.12. The number of nitrogens with zero attached hydrogens (tertiary/aromatic N) is 5. The van der Waals surface area contributed by atoms with Crippen LogP contribution >= 0.6 is 0 Å². The number of aryl methyl sites for hydroxylation is 1. The molecule has 38 heavy (non-hydrogen) atoms. The topological polar surface area (TPSA) is 117 Å². The molecule has 1 aliphatic heterocycles. The highest BCUT2D eigenvalue weighted by Gasteiger charge is 2.32. The van der Waals surface area contributed by atoms with Crippen molar-refractivity contribution < 1.29 is 27.6 Å². The third kappa shape index (κ3) is 6.04. The SMILES string of the molecule is Cc1nc(C2CCC(c3ccc(OC(F)(F)F)cc3)CC2)ncc1CN[C@@H]1COc2nc([N+](=O)[O-])cn2C1. The van der Waals surface area contributed by atoms with Crippen LogP contribution in [-0.2, 0) is 13.1 Å². The Morgan fingerprint density at radius 2 is 1.87 bits per heavy atom. The Hall–Kier alpha value is -3.74. The third-order valence-electron chi connectivity index (χ3n) is 7.10. The summed E-state index contributed by atoms with van der Waals surface area (Å²) in [6, 6.07) is 6.36. The quantitative estimate of drug-likeness (QED) is 0.341. The van der Waals surface area contributed by atoms with E-state index >= 15 is 0 Å². The lowest BCUT2D eigenvalue weighted by atomic mass is 9.78. The first kappa shape index (κ1) is 25.9. The number of halogens is 3. The second-order valence-electron chi connectivity index (χ2n) is 9.68. The van der Waals surface area contributed by atoms with Crippen LogP contribution in [0.3, 0.4) is 0 Å². The Bertz CT molecular complexity index is 1290. The lowest BCUT2D eigenvalue weighted by Crippen LogP contribution is -2.41. The monoisotopic (exact) mass is 532 g/mol. The summed E-state index contributed by atoms with van der Waals surface area (Å²) in [4.78, 5) is 23.6. The number of nitro groups is 1. The number of imidazole rings is 1. The molecule has 1 aliphatic carbocycles. The molecule has 0 saturated heterocycles. The maximum Gasteiger partial charge on any atom is 0.573 e. The molecule has 3 aromatic rings. The van der Waals surface area contributed by atoms with E-state index in [9.17, 15) is 23.3 Å². The molecule has 13 heteroatoms. The van der Waals surface area contributed by atoms with Crippen molar-refractivity contribution in [2.75, 3.05) is 6.61 Å². The summed E-state index contributed by atoms with van der Waals surface area (Å²) in [6.45, 7) is 3.35. The number of hydrogen-bond donors (Lipinski definition) is 1. The van der Waals surface area contributed by atoms with Crippen LogP contribution in [0.15, 0.2) is 36.7 Å². The average molecular weight is 533 g/mol. The van der Waals surface area contributed by atoms with Gasteiger partial charge in [0.1, 0.15) is 24.4 Å². The van der Waals surface area contributed by atoms with E-state index in [1.807, 2.05) is 13.1 Å². The van der Waals surface area contributed by atoms with E-state index in [4.69, 9.17) is 9.72 Å². The molecule has 1 N–H and O–H groups in total. The molecule has 1 atom stereocenters. The zero-order valence-electron chi connectivity index (χ0n) is 20.6. The van der Waals surface area contributed by atoms with Crippen molar-refractivity contribution in [1.82, 2.24) is 24.8 Å². The van der Waals surface area contributed by atoms with Gasteiger partial charge in [-0.05, 0) is 61.1 Å². The van der Waals surface area contributed by atoms with Crippen molar-refractivity contribution in [3.8, 4) is 11.8 Å². The summed E-state index contributed by atoms with van der Waals surface area (Å²) in [5.41, 5.74) is 2.87. The highest BCUT2D eigenvalue weighted by Crippen LogP contribution is 2.40. The first-order chi connectivity index (χ1) is 18.1. The Morgan fingerprint density at radius 1 is 1.16 bits per heavy atom. The number of nitrogens with one attached hydrogen (secondary N) is 1. The zero-order valence-corrected chi connectivity index (χ0v) is 20.6. The Morgan fingerprint density at radius 3 is 2.53 bits per heavy atom. The number of hydrogen-bond acceptors (Lipinski definition) is 8. The van der Waals surface area contributed by atoms with Gasteiger partial charge in [-0.1, -0.05) is 12.1 Å². The predicted molar refractivity (Wildman–Crippen MR) is 129 cm³/mol. The molecule has 3 heterocycles.